The second kappa shape index (κ2) is 8.87. The van der Waals surface area contributed by atoms with Gasteiger partial charge >= 0.3 is 5.69 Å². The third-order valence-corrected chi connectivity index (χ3v) is 3.84. The molecule has 0 radical (unpaired) electrons. The summed E-state index contributed by atoms with van der Waals surface area (Å²) in [4.78, 5) is 22.6. The summed E-state index contributed by atoms with van der Waals surface area (Å²) < 4.78 is 17.8. The molecule has 2 aromatic heterocycles. The van der Waals surface area contributed by atoms with Crippen molar-refractivity contribution in [2.75, 3.05) is 6.61 Å². The highest BCUT2D eigenvalue weighted by molar-refractivity contribution is 6.07. The van der Waals surface area contributed by atoms with Crippen molar-refractivity contribution in [2.24, 2.45) is 7.05 Å². The van der Waals surface area contributed by atoms with Crippen molar-refractivity contribution in [2.45, 2.75) is 13.5 Å². The van der Waals surface area contributed by atoms with Crippen LogP contribution in [0.15, 0.2) is 53.1 Å². The molecule has 0 fully saturated rings. The number of nitro groups is 1. The van der Waals surface area contributed by atoms with Crippen LogP contribution in [0.5, 0.6) is 11.5 Å². The van der Waals surface area contributed by atoms with Gasteiger partial charge in [-0.15, -0.1) is 0 Å². The van der Waals surface area contributed by atoms with E-state index in [2.05, 4.69) is 5.10 Å². The Balaban J connectivity index is 1.60. The molecule has 0 saturated heterocycles. The number of aryl methyl sites for hydroxylation is 1. The van der Waals surface area contributed by atoms with Gasteiger partial charge in [0.05, 0.1) is 11.5 Å². The minimum Gasteiger partial charge on any atom is -0.494 e. The van der Waals surface area contributed by atoms with Crippen molar-refractivity contribution in [3.63, 3.8) is 0 Å². The van der Waals surface area contributed by atoms with Gasteiger partial charge in [-0.1, -0.05) is 0 Å². The summed E-state index contributed by atoms with van der Waals surface area (Å²) >= 11 is 0. The maximum atomic E-state index is 12.2. The second-order valence-electron chi connectivity index (χ2n) is 5.99. The van der Waals surface area contributed by atoms with Crippen LogP contribution in [0, 0.1) is 10.1 Å². The fraction of sp³-hybridized carbons (Fsp3) is 0.200. The van der Waals surface area contributed by atoms with Gasteiger partial charge in [0.1, 0.15) is 35.8 Å². The fourth-order valence-corrected chi connectivity index (χ4v) is 2.54. The Morgan fingerprint density at radius 2 is 1.90 bits per heavy atom. The summed E-state index contributed by atoms with van der Waals surface area (Å²) in [5.74, 6) is 1.83. The van der Waals surface area contributed by atoms with Crippen LogP contribution >= 0.6 is 0 Å². The van der Waals surface area contributed by atoms with Gasteiger partial charge in [0.25, 0.3) is 0 Å². The van der Waals surface area contributed by atoms with E-state index in [0.29, 0.717) is 23.9 Å². The molecule has 3 aromatic rings. The highest BCUT2D eigenvalue weighted by Crippen LogP contribution is 2.20. The predicted molar refractivity (Wildman–Crippen MR) is 104 cm³/mol. The molecule has 1 aromatic carbocycles. The molecule has 29 heavy (non-hydrogen) atoms. The third-order valence-electron chi connectivity index (χ3n) is 3.84. The van der Waals surface area contributed by atoms with Crippen molar-refractivity contribution >= 4 is 17.5 Å². The largest absolute Gasteiger partial charge is 0.494 e. The fourth-order valence-electron chi connectivity index (χ4n) is 2.54. The van der Waals surface area contributed by atoms with E-state index in [9.17, 15) is 14.9 Å². The van der Waals surface area contributed by atoms with Gasteiger partial charge in [-0.3, -0.25) is 19.6 Å². The highest BCUT2D eigenvalue weighted by Gasteiger charge is 2.23. The first kappa shape index (κ1) is 19.9. The lowest BCUT2D eigenvalue weighted by Crippen LogP contribution is -2.00. The molecule has 0 amide bonds. The van der Waals surface area contributed by atoms with Crippen molar-refractivity contribution in [3.8, 4) is 11.5 Å². The van der Waals surface area contributed by atoms with Gasteiger partial charge in [-0.2, -0.15) is 5.10 Å². The topological polar surface area (TPSA) is 110 Å². The van der Waals surface area contributed by atoms with Crippen molar-refractivity contribution < 1.29 is 23.6 Å². The maximum Gasteiger partial charge on any atom is 0.318 e. The lowest BCUT2D eigenvalue weighted by molar-refractivity contribution is -0.385. The van der Waals surface area contributed by atoms with Crippen LogP contribution in [0.25, 0.3) is 6.08 Å². The Morgan fingerprint density at radius 3 is 2.55 bits per heavy atom. The summed E-state index contributed by atoms with van der Waals surface area (Å²) in [5, 5.41) is 14.8. The number of hydrogen-bond acceptors (Lipinski definition) is 7. The quantitative estimate of drug-likeness (QED) is 0.234. The first-order valence-electron chi connectivity index (χ1n) is 8.81. The zero-order valence-electron chi connectivity index (χ0n) is 15.9. The van der Waals surface area contributed by atoms with Crippen LogP contribution < -0.4 is 9.47 Å². The predicted octanol–water partition coefficient (Wildman–Crippen LogP) is 3.80. The molecule has 0 N–H and O–H groups in total. The molecule has 0 aliphatic carbocycles. The van der Waals surface area contributed by atoms with Crippen molar-refractivity contribution in [1.82, 2.24) is 9.78 Å². The summed E-state index contributed by atoms with van der Waals surface area (Å²) in [6.45, 7) is 2.72. The second-order valence-corrected chi connectivity index (χ2v) is 5.99. The summed E-state index contributed by atoms with van der Waals surface area (Å²) in [6, 6.07) is 10.6. The SMILES string of the molecule is CCOc1ccc(OCc2ccc(/C=C/C(=O)c3nn(C)cc3[N+](=O)[O-])o2)cc1. The zero-order valence-corrected chi connectivity index (χ0v) is 15.9. The minimum atomic E-state index is -0.642. The van der Waals surface area contributed by atoms with Crippen LogP contribution in [0.2, 0.25) is 0 Å². The molecule has 0 aliphatic rings. The Kier molecular flexibility index (Phi) is 6.08. The van der Waals surface area contributed by atoms with Gasteiger partial charge in [0.2, 0.25) is 11.5 Å². The van der Waals surface area contributed by atoms with Crippen LogP contribution in [0.4, 0.5) is 5.69 Å². The van der Waals surface area contributed by atoms with Gasteiger partial charge in [0.15, 0.2) is 0 Å². The number of furan rings is 1. The van der Waals surface area contributed by atoms with Crippen molar-refractivity contribution in [3.05, 3.63) is 76.0 Å². The molecule has 0 unspecified atom stereocenters. The van der Waals surface area contributed by atoms with E-state index in [1.165, 1.54) is 30.1 Å². The molecular weight excluding hydrogens is 378 g/mol. The summed E-state index contributed by atoms with van der Waals surface area (Å²) in [5.41, 5.74) is -0.564. The first-order chi connectivity index (χ1) is 14.0. The number of rotatable bonds is 9. The number of aromatic nitrogens is 2. The average molecular weight is 397 g/mol. The van der Waals surface area contributed by atoms with E-state index in [1.807, 2.05) is 19.1 Å². The van der Waals surface area contributed by atoms with Crippen molar-refractivity contribution in [1.29, 1.82) is 0 Å². The molecule has 0 saturated carbocycles. The molecule has 0 spiro atoms. The molecule has 0 aliphatic heterocycles. The van der Waals surface area contributed by atoms with Crippen LogP contribution in [0.3, 0.4) is 0 Å². The lowest BCUT2D eigenvalue weighted by atomic mass is 10.2. The number of carbonyl (C=O) groups is 1. The van der Waals surface area contributed by atoms with E-state index in [1.54, 1.807) is 24.3 Å². The molecule has 2 heterocycles. The standard InChI is InChI=1S/C20H19N3O6/c1-3-27-14-4-6-15(7-5-14)28-13-17-9-8-16(29-17)10-11-19(24)20-18(23(25)26)12-22(2)21-20/h4-12H,3,13H2,1-2H3/b11-10+. The van der Waals surface area contributed by atoms with Gasteiger partial charge in [0, 0.05) is 7.05 Å². The number of benzene rings is 1. The van der Waals surface area contributed by atoms with E-state index in [0.717, 1.165) is 5.75 Å². The smallest absolute Gasteiger partial charge is 0.318 e. The van der Waals surface area contributed by atoms with E-state index < -0.39 is 10.7 Å². The van der Waals surface area contributed by atoms with Gasteiger partial charge in [-0.25, -0.2) is 0 Å². The molecule has 150 valence electrons. The number of ether oxygens (including phenoxy) is 2. The normalized spacial score (nSPS) is 11.0. The monoisotopic (exact) mass is 397 g/mol. The van der Waals surface area contributed by atoms with Crippen LogP contribution in [0.1, 0.15) is 28.9 Å². The summed E-state index contributed by atoms with van der Waals surface area (Å²) in [6.07, 6.45) is 3.80. The highest BCUT2D eigenvalue weighted by atomic mass is 16.6. The number of nitrogens with zero attached hydrogens (tertiary/aromatic N) is 3. The molecule has 9 heteroatoms. The molecule has 3 rings (SSSR count). The Bertz CT molecular complexity index is 1030. The number of ketones is 1. The molecule has 0 bridgehead atoms. The number of allylic oxidation sites excluding steroid dienone is 1. The van der Waals surface area contributed by atoms with E-state index in [-0.39, 0.29) is 18.0 Å². The molecule has 0 atom stereocenters. The minimum absolute atomic E-state index is 0.210. The zero-order chi connectivity index (χ0) is 20.8. The number of hydrogen-bond donors (Lipinski definition) is 0. The summed E-state index contributed by atoms with van der Waals surface area (Å²) in [7, 11) is 1.51. The van der Waals surface area contributed by atoms with Gasteiger partial charge < -0.3 is 13.9 Å². The van der Waals surface area contributed by atoms with Crippen LogP contribution in [-0.2, 0) is 13.7 Å². The number of carbonyl (C=O) groups excluding carboxylic acids is 1. The third kappa shape index (κ3) is 5.10. The Hall–Kier alpha value is -3.88. The Morgan fingerprint density at radius 1 is 1.21 bits per heavy atom. The van der Waals surface area contributed by atoms with Gasteiger partial charge in [-0.05, 0) is 55.5 Å². The molecular formula is C20H19N3O6. The van der Waals surface area contributed by atoms with E-state index in [4.69, 9.17) is 13.9 Å². The maximum absolute atomic E-state index is 12.2. The lowest BCUT2D eigenvalue weighted by Gasteiger charge is -2.06. The van der Waals surface area contributed by atoms with Crippen LogP contribution in [-0.4, -0.2) is 27.1 Å². The molecule has 9 nitrogen and oxygen atoms in total. The Labute approximate surface area is 166 Å². The van der Waals surface area contributed by atoms with E-state index >= 15 is 0 Å². The average Bonchev–Trinajstić information content (AvgIpc) is 3.32. The first-order valence-corrected chi connectivity index (χ1v) is 8.81.